The molecule has 1 aromatic heterocycles. The minimum absolute atomic E-state index is 0.183. The van der Waals surface area contributed by atoms with Crippen molar-refractivity contribution in [1.82, 2.24) is 9.71 Å². The van der Waals surface area contributed by atoms with Gasteiger partial charge < -0.3 is 4.84 Å². The van der Waals surface area contributed by atoms with Crippen LogP contribution in [0.1, 0.15) is 39.5 Å². The van der Waals surface area contributed by atoms with Crippen LogP contribution in [0.2, 0.25) is 0 Å². The van der Waals surface area contributed by atoms with E-state index in [2.05, 4.69) is 4.98 Å². The minimum atomic E-state index is -5.05. The Kier molecular flexibility index (Phi) is 5.95. The molecule has 0 saturated carbocycles. The molecule has 146 valence electrons. The van der Waals surface area contributed by atoms with E-state index >= 15 is 0 Å². The minimum Gasteiger partial charge on any atom is -0.385 e. The lowest BCUT2D eigenvalue weighted by Crippen LogP contribution is -2.59. The fourth-order valence-electron chi connectivity index (χ4n) is 2.99. The quantitative estimate of drug-likeness (QED) is 0.603. The van der Waals surface area contributed by atoms with E-state index in [1.807, 2.05) is 0 Å². The summed E-state index contributed by atoms with van der Waals surface area (Å²) in [5.74, 6) is 0. The second kappa shape index (κ2) is 7.51. The van der Waals surface area contributed by atoms with Crippen LogP contribution in [0.4, 0.5) is 0 Å². The van der Waals surface area contributed by atoms with E-state index in [0.717, 1.165) is 4.73 Å². The van der Waals surface area contributed by atoms with Crippen molar-refractivity contribution in [2.75, 3.05) is 0 Å². The number of imidazole rings is 1. The highest BCUT2D eigenvalue weighted by molar-refractivity contribution is 7.91. The lowest BCUT2D eigenvalue weighted by molar-refractivity contribution is -0.00695. The summed E-state index contributed by atoms with van der Waals surface area (Å²) in [6.07, 6.45) is 1.06. The lowest BCUT2D eigenvalue weighted by Gasteiger charge is -2.35. The zero-order valence-electron chi connectivity index (χ0n) is 14.4. The van der Waals surface area contributed by atoms with Gasteiger partial charge in [-0.15, -0.1) is 0 Å². The van der Waals surface area contributed by atoms with Crippen molar-refractivity contribution in [2.45, 2.75) is 49.7 Å². The summed E-state index contributed by atoms with van der Waals surface area (Å²) in [5.41, 5.74) is 0.884. The Morgan fingerprint density at radius 2 is 1.81 bits per heavy atom. The molecule has 0 aliphatic heterocycles. The Morgan fingerprint density at radius 1 is 1.15 bits per heavy atom. The van der Waals surface area contributed by atoms with Gasteiger partial charge in [0.05, 0.1) is 5.52 Å². The van der Waals surface area contributed by atoms with Crippen LogP contribution in [0, 0.1) is 0 Å². The molecule has 26 heavy (non-hydrogen) atoms. The average Bonchev–Trinajstić information content (AvgIpc) is 2.93. The molecule has 0 aliphatic rings. The lowest BCUT2D eigenvalue weighted by atomic mass is 10.1. The SMILES string of the molecule is CCCC(C(CCC)(On1cnc2ccccc21)S(=O)(=O)O)S(=O)(=O)O. The number of nitrogens with zero attached hydrogens (tertiary/aromatic N) is 2. The third-order valence-electron chi connectivity index (χ3n) is 4.11. The molecule has 2 aromatic rings. The van der Waals surface area contributed by atoms with Crippen LogP contribution in [0.25, 0.3) is 11.0 Å². The molecule has 0 spiro atoms. The zero-order valence-corrected chi connectivity index (χ0v) is 16.1. The molecule has 0 bridgehead atoms. The maximum Gasteiger partial charge on any atom is 0.310 e. The summed E-state index contributed by atoms with van der Waals surface area (Å²) in [5, 5.41) is -1.86. The molecular weight excluding hydrogens is 384 g/mol. The summed E-state index contributed by atoms with van der Waals surface area (Å²) >= 11 is 0. The maximum atomic E-state index is 12.3. The summed E-state index contributed by atoms with van der Waals surface area (Å²) in [4.78, 5) is 7.07. The molecule has 2 unspecified atom stereocenters. The van der Waals surface area contributed by atoms with Crippen molar-refractivity contribution in [3.8, 4) is 0 Å². The van der Waals surface area contributed by atoms with Gasteiger partial charge in [-0.2, -0.15) is 21.6 Å². The molecule has 1 aromatic carbocycles. The molecule has 9 nitrogen and oxygen atoms in total. The van der Waals surface area contributed by atoms with E-state index < -0.39 is 30.4 Å². The first-order chi connectivity index (χ1) is 12.1. The highest BCUT2D eigenvalue weighted by atomic mass is 32.2. The highest BCUT2D eigenvalue weighted by Gasteiger charge is 2.57. The molecule has 0 saturated heterocycles. The maximum absolute atomic E-state index is 12.3. The summed E-state index contributed by atoms with van der Waals surface area (Å²) in [7, 11) is -9.89. The Labute approximate surface area is 152 Å². The predicted octanol–water partition coefficient (Wildman–Crippen LogP) is 1.91. The highest BCUT2D eigenvalue weighted by Crippen LogP contribution is 2.34. The Bertz CT molecular complexity index is 969. The molecule has 0 radical (unpaired) electrons. The van der Waals surface area contributed by atoms with Crippen LogP contribution in [-0.4, -0.2) is 45.8 Å². The van der Waals surface area contributed by atoms with Gasteiger partial charge in [0.25, 0.3) is 15.1 Å². The molecule has 2 N–H and O–H groups in total. The molecule has 1 heterocycles. The topological polar surface area (TPSA) is 136 Å². The number of para-hydroxylation sites is 2. The Balaban J connectivity index is 2.70. The number of aromatic nitrogens is 2. The van der Waals surface area contributed by atoms with Crippen molar-refractivity contribution in [3.63, 3.8) is 0 Å². The smallest absolute Gasteiger partial charge is 0.310 e. The van der Waals surface area contributed by atoms with Gasteiger partial charge in [0, 0.05) is 6.42 Å². The van der Waals surface area contributed by atoms with E-state index in [0.29, 0.717) is 11.0 Å². The van der Waals surface area contributed by atoms with Crippen LogP contribution in [0.3, 0.4) is 0 Å². The van der Waals surface area contributed by atoms with E-state index in [1.54, 1.807) is 38.1 Å². The second-order valence-corrected chi connectivity index (χ2v) is 9.22. The fourth-order valence-corrected chi connectivity index (χ4v) is 5.95. The van der Waals surface area contributed by atoms with Crippen molar-refractivity contribution >= 4 is 31.3 Å². The number of hydrogen-bond acceptors (Lipinski definition) is 6. The molecular formula is C15H22N2O7S2. The Morgan fingerprint density at radius 3 is 2.35 bits per heavy atom. The standard InChI is InChI=1S/C15H22N2O7S2/c1-3-7-14(25(18,19)20)15(10-4-2,26(21,22)23)24-17-11-16-12-8-5-6-9-13(12)17/h5-6,8-9,11,14H,3-4,7,10H2,1-2H3,(H,18,19,20)(H,21,22,23). The number of hydrogen-bond donors (Lipinski definition) is 2. The van der Waals surface area contributed by atoms with Crippen LogP contribution in [0.15, 0.2) is 30.6 Å². The second-order valence-electron chi connectivity index (χ2n) is 5.98. The largest absolute Gasteiger partial charge is 0.385 e. The van der Waals surface area contributed by atoms with Crippen molar-refractivity contribution in [2.24, 2.45) is 0 Å². The summed E-state index contributed by atoms with van der Waals surface area (Å²) in [6, 6.07) is 6.66. The molecule has 11 heteroatoms. The van der Waals surface area contributed by atoms with E-state index in [1.165, 1.54) is 6.33 Å². The van der Waals surface area contributed by atoms with Gasteiger partial charge in [0.2, 0.25) is 0 Å². The van der Waals surface area contributed by atoms with E-state index in [4.69, 9.17) is 4.84 Å². The molecule has 0 aliphatic carbocycles. The third kappa shape index (κ3) is 3.85. The van der Waals surface area contributed by atoms with Crippen molar-refractivity contribution < 1.29 is 30.8 Å². The average molecular weight is 406 g/mol. The molecule has 0 amide bonds. The zero-order chi connectivity index (χ0) is 19.6. The van der Waals surface area contributed by atoms with Crippen molar-refractivity contribution in [3.05, 3.63) is 30.6 Å². The van der Waals surface area contributed by atoms with E-state index in [9.17, 15) is 25.9 Å². The van der Waals surface area contributed by atoms with Crippen molar-refractivity contribution in [1.29, 1.82) is 0 Å². The number of benzene rings is 1. The summed E-state index contributed by atoms with van der Waals surface area (Å²) in [6.45, 7) is 3.24. The van der Waals surface area contributed by atoms with Gasteiger partial charge in [0.1, 0.15) is 17.1 Å². The first-order valence-corrected chi connectivity index (χ1v) is 11.1. The molecule has 2 rings (SSSR count). The van der Waals surface area contributed by atoms with Gasteiger partial charge in [0.15, 0.2) is 0 Å². The van der Waals surface area contributed by atoms with Gasteiger partial charge in [-0.25, -0.2) is 4.98 Å². The van der Waals surface area contributed by atoms with Gasteiger partial charge >= 0.3 is 10.1 Å². The molecule has 2 atom stereocenters. The van der Waals surface area contributed by atoms with Gasteiger partial charge in [-0.1, -0.05) is 38.8 Å². The monoisotopic (exact) mass is 406 g/mol. The normalized spacial score (nSPS) is 16.3. The predicted molar refractivity (Wildman–Crippen MR) is 95.7 cm³/mol. The summed E-state index contributed by atoms with van der Waals surface area (Å²) < 4.78 is 69.1. The van der Waals surface area contributed by atoms with Gasteiger partial charge in [-0.05, 0) is 18.6 Å². The Hall–Kier alpha value is -1.69. The van der Waals surface area contributed by atoms with Crippen LogP contribution in [0.5, 0.6) is 0 Å². The third-order valence-corrected chi connectivity index (χ3v) is 7.03. The van der Waals surface area contributed by atoms with Crippen LogP contribution >= 0.6 is 0 Å². The number of fused-ring (bicyclic) bond motifs is 1. The number of rotatable bonds is 9. The fraction of sp³-hybridized carbons (Fsp3) is 0.533. The first-order valence-electron chi connectivity index (χ1n) is 8.11. The van der Waals surface area contributed by atoms with Crippen LogP contribution in [-0.2, 0) is 20.2 Å². The first kappa shape index (κ1) is 20.6. The van der Waals surface area contributed by atoms with E-state index in [-0.39, 0.29) is 25.7 Å². The van der Waals surface area contributed by atoms with Gasteiger partial charge in [-0.3, -0.25) is 9.11 Å². The van der Waals surface area contributed by atoms with Crippen LogP contribution < -0.4 is 4.84 Å². The molecule has 0 fully saturated rings.